The van der Waals surface area contributed by atoms with Crippen molar-refractivity contribution in [3.05, 3.63) is 47.8 Å². The summed E-state index contributed by atoms with van der Waals surface area (Å²) in [4.78, 5) is 7.93. The predicted octanol–water partition coefficient (Wildman–Crippen LogP) is 2.95. The van der Waals surface area contributed by atoms with Gasteiger partial charge in [-0.05, 0) is 36.4 Å². The molecule has 0 saturated carbocycles. The second-order valence-corrected chi connectivity index (χ2v) is 6.77. The van der Waals surface area contributed by atoms with Crippen molar-refractivity contribution < 1.29 is 4.42 Å². The van der Waals surface area contributed by atoms with Crippen molar-refractivity contribution in [2.45, 2.75) is 25.4 Å². The molecule has 4 rings (SSSR count). The molecule has 124 valence electrons. The molecule has 4 heterocycles. The minimum Gasteiger partial charge on any atom is -0.444 e. The Labute approximate surface area is 144 Å². The summed E-state index contributed by atoms with van der Waals surface area (Å²) in [6, 6.07) is 8.43. The van der Waals surface area contributed by atoms with E-state index in [-0.39, 0.29) is 0 Å². The third-order valence-corrected chi connectivity index (χ3v) is 5.06. The minimum atomic E-state index is 0.449. The molecule has 7 heteroatoms. The quantitative estimate of drug-likeness (QED) is 0.743. The fraction of sp³-hybridized carbons (Fsp3) is 0.353. The summed E-state index contributed by atoms with van der Waals surface area (Å²) in [7, 11) is 0. The maximum atomic E-state index is 5.55. The SMILES string of the molecule is c1cnnc(N2CCCC2CNCc2coc(-c3cccs3)n2)c1. The molecule has 0 aliphatic carbocycles. The summed E-state index contributed by atoms with van der Waals surface area (Å²) in [5, 5.41) is 13.7. The van der Waals surface area contributed by atoms with Gasteiger partial charge in [-0.2, -0.15) is 5.10 Å². The molecule has 3 aromatic rings. The molecule has 24 heavy (non-hydrogen) atoms. The Kier molecular flexibility index (Phi) is 4.53. The van der Waals surface area contributed by atoms with Gasteiger partial charge in [-0.1, -0.05) is 6.07 Å². The largest absolute Gasteiger partial charge is 0.444 e. The molecule has 6 nitrogen and oxygen atoms in total. The predicted molar refractivity (Wildman–Crippen MR) is 93.9 cm³/mol. The summed E-state index contributed by atoms with van der Waals surface area (Å²) >= 11 is 1.64. The summed E-state index contributed by atoms with van der Waals surface area (Å²) in [5.74, 6) is 1.66. The number of hydrogen-bond acceptors (Lipinski definition) is 7. The van der Waals surface area contributed by atoms with Gasteiger partial charge < -0.3 is 14.6 Å². The van der Waals surface area contributed by atoms with E-state index >= 15 is 0 Å². The second-order valence-electron chi connectivity index (χ2n) is 5.82. The van der Waals surface area contributed by atoms with Gasteiger partial charge in [0.1, 0.15) is 6.26 Å². The van der Waals surface area contributed by atoms with Crippen LogP contribution in [0.4, 0.5) is 5.82 Å². The second kappa shape index (κ2) is 7.11. The lowest BCUT2D eigenvalue weighted by Gasteiger charge is -2.25. The van der Waals surface area contributed by atoms with Gasteiger partial charge in [0, 0.05) is 31.9 Å². The number of oxazole rings is 1. The first-order valence-corrected chi connectivity index (χ1v) is 9.01. The van der Waals surface area contributed by atoms with Crippen molar-refractivity contribution in [3.8, 4) is 10.8 Å². The van der Waals surface area contributed by atoms with Crippen molar-refractivity contribution in [1.29, 1.82) is 0 Å². The van der Waals surface area contributed by atoms with E-state index in [4.69, 9.17) is 4.42 Å². The van der Waals surface area contributed by atoms with Crippen LogP contribution in [0.2, 0.25) is 0 Å². The van der Waals surface area contributed by atoms with Crippen LogP contribution in [0.25, 0.3) is 10.8 Å². The molecule has 1 aliphatic rings. The molecule has 1 N–H and O–H groups in total. The first kappa shape index (κ1) is 15.3. The molecule has 0 aromatic carbocycles. The van der Waals surface area contributed by atoms with Crippen LogP contribution in [0, 0.1) is 0 Å². The maximum absolute atomic E-state index is 5.55. The number of hydrogen-bond donors (Lipinski definition) is 1. The van der Waals surface area contributed by atoms with E-state index in [1.807, 2.05) is 29.6 Å². The van der Waals surface area contributed by atoms with Crippen molar-refractivity contribution in [3.63, 3.8) is 0 Å². The highest BCUT2D eigenvalue weighted by Crippen LogP contribution is 2.24. The first-order valence-electron chi connectivity index (χ1n) is 8.13. The fourth-order valence-corrected chi connectivity index (χ4v) is 3.72. The molecule has 0 radical (unpaired) electrons. The summed E-state index contributed by atoms with van der Waals surface area (Å²) in [5.41, 5.74) is 0.933. The number of thiophene rings is 1. The molecule has 1 saturated heterocycles. The number of nitrogens with one attached hydrogen (secondary N) is 1. The van der Waals surface area contributed by atoms with Gasteiger partial charge in [0.05, 0.1) is 10.6 Å². The van der Waals surface area contributed by atoms with Crippen molar-refractivity contribution >= 4 is 17.2 Å². The average Bonchev–Trinajstić information content (AvgIpc) is 3.37. The Morgan fingerprint density at radius 3 is 3.17 bits per heavy atom. The molecule has 1 fully saturated rings. The van der Waals surface area contributed by atoms with E-state index in [1.165, 1.54) is 12.8 Å². The van der Waals surface area contributed by atoms with Gasteiger partial charge in [0.2, 0.25) is 5.89 Å². The van der Waals surface area contributed by atoms with Crippen LogP contribution in [-0.4, -0.2) is 34.3 Å². The van der Waals surface area contributed by atoms with Crippen LogP contribution >= 0.6 is 11.3 Å². The summed E-state index contributed by atoms with van der Waals surface area (Å²) in [6.45, 7) is 2.65. The Hall–Kier alpha value is -2.25. The topological polar surface area (TPSA) is 67.1 Å². The lowest BCUT2D eigenvalue weighted by atomic mass is 10.2. The molecule has 0 bridgehead atoms. The van der Waals surface area contributed by atoms with E-state index in [1.54, 1.807) is 23.8 Å². The molecule has 0 spiro atoms. The first-order chi connectivity index (χ1) is 11.9. The molecule has 1 aliphatic heterocycles. The third kappa shape index (κ3) is 3.32. The van der Waals surface area contributed by atoms with Crippen LogP contribution in [0.3, 0.4) is 0 Å². The van der Waals surface area contributed by atoms with E-state index in [0.29, 0.717) is 18.5 Å². The molecule has 3 aromatic heterocycles. The van der Waals surface area contributed by atoms with Gasteiger partial charge in [0.15, 0.2) is 5.82 Å². The van der Waals surface area contributed by atoms with Gasteiger partial charge in [-0.25, -0.2) is 4.98 Å². The summed E-state index contributed by atoms with van der Waals surface area (Å²) in [6.07, 6.45) is 5.80. The number of aromatic nitrogens is 3. The van der Waals surface area contributed by atoms with Gasteiger partial charge >= 0.3 is 0 Å². The standard InChI is InChI=1S/C17H19N5OS/c1-6-16(21-19-7-1)22-8-2-4-14(22)11-18-10-13-12-23-17(20-13)15-5-3-9-24-15/h1,3,5-7,9,12,14,18H,2,4,8,10-11H2. The van der Waals surface area contributed by atoms with E-state index in [0.717, 1.165) is 29.5 Å². The van der Waals surface area contributed by atoms with Crippen LogP contribution in [0.5, 0.6) is 0 Å². The van der Waals surface area contributed by atoms with E-state index in [9.17, 15) is 0 Å². The van der Waals surface area contributed by atoms with Crippen LogP contribution in [-0.2, 0) is 6.54 Å². The molecule has 1 unspecified atom stereocenters. The average molecular weight is 341 g/mol. The van der Waals surface area contributed by atoms with Gasteiger partial charge in [0.25, 0.3) is 0 Å². The summed E-state index contributed by atoms with van der Waals surface area (Å²) < 4.78 is 5.55. The Bertz CT molecular complexity index is 758. The van der Waals surface area contributed by atoms with Crippen molar-refractivity contribution in [1.82, 2.24) is 20.5 Å². The lowest BCUT2D eigenvalue weighted by molar-refractivity contribution is 0.555. The van der Waals surface area contributed by atoms with Crippen molar-refractivity contribution in [2.75, 3.05) is 18.0 Å². The Morgan fingerprint density at radius 2 is 2.33 bits per heavy atom. The molecule has 0 amide bonds. The van der Waals surface area contributed by atoms with E-state index in [2.05, 4.69) is 25.4 Å². The number of anilines is 1. The minimum absolute atomic E-state index is 0.449. The number of rotatable bonds is 6. The fourth-order valence-electron chi connectivity index (χ4n) is 3.06. The monoisotopic (exact) mass is 341 g/mol. The molecular formula is C17H19N5OS. The van der Waals surface area contributed by atoms with Gasteiger partial charge in [-0.3, -0.25) is 0 Å². The highest BCUT2D eigenvalue weighted by molar-refractivity contribution is 7.13. The third-order valence-electron chi connectivity index (χ3n) is 4.20. The van der Waals surface area contributed by atoms with Gasteiger partial charge in [-0.15, -0.1) is 16.4 Å². The van der Waals surface area contributed by atoms with Crippen LogP contribution < -0.4 is 10.2 Å². The zero-order chi connectivity index (χ0) is 16.2. The highest BCUT2D eigenvalue weighted by Gasteiger charge is 2.25. The Balaban J connectivity index is 1.32. The maximum Gasteiger partial charge on any atom is 0.236 e. The molecule has 1 atom stereocenters. The van der Waals surface area contributed by atoms with Crippen molar-refractivity contribution in [2.24, 2.45) is 0 Å². The lowest BCUT2D eigenvalue weighted by Crippen LogP contribution is -2.38. The molecular weight excluding hydrogens is 322 g/mol. The Morgan fingerprint density at radius 1 is 1.33 bits per heavy atom. The normalized spacial score (nSPS) is 17.5. The smallest absolute Gasteiger partial charge is 0.236 e. The van der Waals surface area contributed by atoms with Crippen LogP contribution in [0.15, 0.2) is 46.5 Å². The van der Waals surface area contributed by atoms with Crippen LogP contribution in [0.1, 0.15) is 18.5 Å². The highest BCUT2D eigenvalue weighted by atomic mass is 32.1. The number of nitrogens with zero attached hydrogens (tertiary/aromatic N) is 4. The van der Waals surface area contributed by atoms with E-state index < -0.39 is 0 Å². The zero-order valence-electron chi connectivity index (χ0n) is 13.3. The zero-order valence-corrected chi connectivity index (χ0v) is 14.1.